The van der Waals surface area contributed by atoms with Crippen LogP contribution in [0, 0.1) is 0 Å². The third-order valence-electron chi connectivity index (χ3n) is 3.15. The highest BCUT2D eigenvalue weighted by molar-refractivity contribution is 7.09. The maximum atomic E-state index is 12.6. The molecule has 1 heterocycles. The van der Waals surface area contributed by atoms with Crippen molar-refractivity contribution >= 4 is 28.9 Å². The predicted molar refractivity (Wildman–Crippen MR) is 95.1 cm³/mol. The van der Waals surface area contributed by atoms with Crippen molar-refractivity contribution in [3.63, 3.8) is 0 Å². The maximum absolute atomic E-state index is 12.6. The summed E-state index contributed by atoms with van der Waals surface area (Å²) in [5.74, 6) is 0.535. The molecule has 0 atom stereocenters. The molecular weight excluding hydrogens is 373 g/mol. The van der Waals surface area contributed by atoms with E-state index in [1.54, 1.807) is 0 Å². The molecule has 0 spiro atoms. The van der Waals surface area contributed by atoms with Crippen molar-refractivity contribution in [2.45, 2.75) is 26.1 Å². The van der Waals surface area contributed by atoms with Crippen LogP contribution in [0.15, 0.2) is 34.6 Å². The van der Waals surface area contributed by atoms with Gasteiger partial charge < -0.3 is 10.6 Å². The molecule has 1 aromatic heterocycles. The van der Waals surface area contributed by atoms with Crippen molar-refractivity contribution in [3.8, 4) is 0 Å². The van der Waals surface area contributed by atoms with E-state index in [9.17, 15) is 13.2 Å². The average Bonchev–Trinajstić information content (AvgIpc) is 3.02. The molecule has 2 rings (SSSR count). The van der Waals surface area contributed by atoms with Gasteiger partial charge in [0.1, 0.15) is 5.01 Å². The number of nitrogens with zero attached hydrogens (tertiary/aromatic N) is 2. The molecule has 0 aliphatic rings. The lowest BCUT2D eigenvalue weighted by Crippen LogP contribution is -2.38. The molecule has 0 bridgehead atoms. The van der Waals surface area contributed by atoms with E-state index in [1.807, 2.05) is 31.2 Å². The van der Waals surface area contributed by atoms with Crippen LogP contribution in [0.4, 0.5) is 13.2 Å². The van der Waals surface area contributed by atoms with Crippen LogP contribution in [-0.4, -0.2) is 24.0 Å². The van der Waals surface area contributed by atoms with Crippen molar-refractivity contribution in [3.05, 3.63) is 50.9 Å². The summed E-state index contributed by atoms with van der Waals surface area (Å²) < 4.78 is 37.7. The fourth-order valence-electron chi connectivity index (χ4n) is 2.02. The lowest BCUT2D eigenvalue weighted by molar-refractivity contribution is -0.140. The van der Waals surface area contributed by atoms with Crippen molar-refractivity contribution < 1.29 is 13.2 Å². The Morgan fingerprint density at radius 2 is 2.12 bits per heavy atom. The highest BCUT2D eigenvalue weighted by Gasteiger charge is 2.33. The zero-order chi connectivity index (χ0) is 18.3. The summed E-state index contributed by atoms with van der Waals surface area (Å²) in [6.45, 7) is 3.28. The van der Waals surface area contributed by atoms with Gasteiger partial charge in [0.05, 0.1) is 6.54 Å². The number of aliphatic imine (C=N–C) groups is 1. The third kappa shape index (κ3) is 6.55. The summed E-state index contributed by atoms with van der Waals surface area (Å²) in [6, 6.07) is 7.57. The van der Waals surface area contributed by atoms with E-state index in [4.69, 9.17) is 11.6 Å². The summed E-state index contributed by atoms with van der Waals surface area (Å²) in [6.07, 6.45) is -3.67. The van der Waals surface area contributed by atoms with E-state index in [-0.39, 0.29) is 6.54 Å². The second kappa shape index (κ2) is 9.05. The summed E-state index contributed by atoms with van der Waals surface area (Å²) >= 11 is 6.90. The Morgan fingerprint density at radius 1 is 1.32 bits per heavy atom. The molecule has 2 aromatic rings. The van der Waals surface area contributed by atoms with Gasteiger partial charge in [0.15, 0.2) is 11.7 Å². The summed E-state index contributed by atoms with van der Waals surface area (Å²) in [7, 11) is 0. The van der Waals surface area contributed by atoms with E-state index in [0.29, 0.717) is 29.1 Å². The summed E-state index contributed by atoms with van der Waals surface area (Å²) in [5.41, 5.74) is 0.215. The average molecular weight is 391 g/mol. The number of hydrogen-bond donors (Lipinski definition) is 2. The largest absolute Gasteiger partial charge is 0.434 e. The standard InChI is InChI=1S/C16H18ClF3N4S/c1-2-21-15(22-7-6-11-4-3-5-12(17)8-11)23-9-14-24-13(10-25-14)16(18,19)20/h3-5,8,10H,2,6-7,9H2,1H3,(H2,21,22,23). The number of hydrogen-bond acceptors (Lipinski definition) is 3. The normalized spacial score (nSPS) is 12.3. The number of halogens is 4. The minimum atomic E-state index is -4.42. The van der Waals surface area contributed by atoms with Crippen LogP contribution in [0.1, 0.15) is 23.2 Å². The quantitative estimate of drug-likeness (QED) is 0.576. The van der Waals surface area contributed by atoms with Crippen LogP contribution in [0.3, 0.4) is 0 Å². The molecule has 2 N–H and O–H groups in total. The van der Waals surface area contributed by atoms with Crippen LogP contribution in [0.25, 0.3) is 0 Å². The number of thiazole rings is 1. The summed E-state index contributed by atoms with van der Waals surface area (Å²) in [4.78, 5) is 7.84. The Balaban J connectivity index is 1.90. The van der Waals surface area contributed by atoms with E-state index < -0.39 is 11.9 Å². The monoisotopic (exact) mass is 390 g/mol. The molecule has 0 fully saturated rings. The Kier molecular flexibility index (Phi) is 7.07. The molecular formula is C16H18ClF3N4S. The second-order valence-corrected chi connectivity index (χ2v) is 6.51. The van der Waals surface area contributed by atoms with E-state index in [0.717, 1.165) is 28.7 Å². The first-order valence-electron chi connectivity index (χ1n) is 7.66. The van der Waals surface area contributed by atoms with Gasteiger partial charge in [0.2, 0.25) is 0 Å². The lowest BCUT2D eigenvalue weighted by Gasteiger charge is -2.11. The van der Waals surface area contributed by atoms with Gasteiger partial charge in [-0.15, -0.1) is 11.3 Å². The lowest BCUT2D eigenvalue weighted by atomic mass is 10.1. The maximum Gasteiger partial charge on any atom is 0.434 e. The Morgan fingerprint density at radius 3 is 2.76 bits per heavy atom. The van der Waals surface area contributed by atoms with E-state index >= 15 is 0 Å². The SMILES string of the molecule is CCNC(=NCc1nc(C(F)(F)F)cs1)NCCc1cccc(Cl)c1. The molecule has 0 saturated carbocycles. The number of alkyl halides is 3. The van der Waals surface area contributed by atoms with Crippen molar-refractivity contribution in [1.82, 2.24) is 15.6 Å². The highest BCUT2D eigenvalue weighted by atomic mass is 35.5. The Labute approximate surface area is 153 Å². The minimum absolute atomic E-state index is 0.0905. The first kappa shape index (κ1) is 19.5. The fraction of sp³-hybridized carbons (Fsp3) is 0.375. The van der Waals surface area contributed by atoms with Gasteiger partial charge in [-0.25, -0.2) is 9.98 Å². The molecule has 0 amide bonds. The van der Waals surface area contributed by atoms with Gasteiger partial charge in [-0.2, -0.15) is 13.2 Å². The molecule has 4 nitrogen and oxygen atoms in total. The van der Waals surface area contributed by atoms with Gasteiger partial charge in [-0.1, -0.05) is 23.7 Å². The molecule has 0 aliphatic heterocycles. The summed E-state index contributed by atoms with van der Waals surface area (Å²) in [5, 5.41) is 8.21. The Hall–Kier alpha value is -1.80. The first-order valence-corrected chi connectivity index (χ1v) is 8.92. The highest BCUT2D eigenvalue weighted by Crippen LogP contribution is 2.30. The predicted octanol–water partition coefficient (Wildman–Crippen LogP) is 4.11. The number of benzene rings is 1. The molecule has 25 heavy (non-hydrogen) atoms. The third-order valence-corrected chi connectivity index (χ3v) is 4.22. The van der Waals surface area contributed by atoms with Crippen LogP contribution in [-0.2, 0) is 19.1 Å². The molecule has 9 heteroatoms. The molecule has 1 aromatic carbocycles. The van der Waals surface area contributed by atoms with Crippen molar-refractivity contribution in [2.24, 2.45) is 4.99 Å². The van der Waals surface area contributed by atoms with Crippen molar-refractivity contribution in [2.75, 3.05) is 13.1 Å². The van der Waals surface area contributed by atoms with Gasteiger partial charge in [0, 0.05) is 23.5 Å². The van der Waals surface area contributed by atoms with Crippen LogP contribution in [0.5, 0.6) is 0 Å². The van der Waals surface area contributed by atoms with Gasteiger partial charge >= 0.3 is 6.18 Å². The zero-order valence-electron chi connectivity index (χ0n) is 13.5. The molecule has 0 unspecified atom stereocenters. The van der Waals surface area contributed by atoms with Gasteiger partial charge in [0.25, 0.3) is 0 Å². The van der Waals surface area contributed by atoms with Gasteiger partial charge in [-0.3, -0.25) is 0 Å². The Bertz CT molecular complexity index is 715. The smallest absolute Gasteiger partial charge is 0.357 e. The van der Waals surface area contributed by atoms with E-state index in [1.165, 1.54) is 0 Å². The second-order valence-electron chi connectivity index (χ2n) is 5.13. The fourth-order valence-corrected chi connectivity index (χ4v) is 2.96. The van der Waals surface area contributed by atoms with Gasteiger partial charge in [-0.05, 0) is 31.0 Å². The number of guanidine groups is 1. The first-order chi connectivity index (χ1) is 11.9. The van der Waals surface area contributed by atoms with Crippen LogP contribution >= 0.6 is 22.9 Å². The van der Waals surface area contributed by atoms with Crippen LogP contribution in [0.2, 0.25) is 5.02 Å². The molecule has 0 radical (unpaired) electrons. The van der Waals surface area contributed by atoms with Crippen molar-refractivity contribution in [1.29, 1.82) is 0 Å². The molecule has 0 saturated heterocycles. The molecule has 0 aliphatic carbocycles. The minimum Gasteiger partial charge on any atom is -0.357 e. The zero-order valence-corrected chi connectivity index (χ0v) is 15.1. The molecule has 136 valence electrons. The number of nitrogens with one attached hydrogen (secondary N) is 2. The number of rotatable bonds is 6. The number of aromatic nitrogens is 1. The van der Waals surface area contributed by atoms with E-state index in [2.05, 4.69) is 20.6 Å². The van der Waals surface area contributed by atoms with Crippen LogP contribution < -0.4 is 10.6 Å². The topological polar surface area (TPSA) is 49.3 Å².